The van der Waals surface area contributed by atoms with Gasteiger partial charge >= 0.3 is 0 Å². The second-order valence-electron chi connectivity index (χ2n) is 6.01. The minimum absolute atomic E-state index is 0.142. The molecule has 4 rings (SSSR count). The normalized spacial score (nSPS) is 29.3. The summed E-state index contributed by atoms with van der Waals surface area (Å²) in [6, 6.07) is 1.53. The van der Waals surface area contributed by atoms with Gasteiger partial charge in [-0.15, -0.1) is 0 Å². The SMILES string of the molecule is O=c1cc(CN2C[C@H]3COC[C@@]3(CO)C2)nc2nc[nH]n12. The monoisotopic (exact) mass is 291 g/mol. The van der Waals surface area contributed by atoms with E-state index in [9.17, 15) is 9.90 Å². The van der Waals surface area contributed by atoms with Crippen LogP contribution >= 0.6 is 0 Å². The fourth-order valence-electron chi connectivity index (χ4n) is 3.47. The van der Waals surface area contributed by atoms with Crippen molar-refractivity contribution in [3.8, 4) is 0 Å². The van der Waals surface area contributed by atoms with Crippen molar-refractivity contribution < 1.29 is 9.84 Å². The van der Waals surface area contributed by atoms with E-state index in [-0.39, 0.29) is 17.6 Å². The number of ether oxygens (including phenoxy) is 1. The van der Waals surface area contributed by atoms with Gasteiger partial charge in [-0.2, -0.15) is 4.52 Å². The highest BCUT2D eigenvalue weighted by Gasteiger charge is 2.50. The molecule has 8 heteroatoms. The van der Waals surface area contributed by atoms with Crippen LogP contribution in [0.1, 0.15) is 5.69 Å². The first-order chi connectivity index (χ1) is 10.2. The molecule has 0 aliphatic carbocycles. The molecule has 0 spiro atoms. The van der Waals surface area contributed by atoms with E-state index in [4.69, 9.17) is 4.74 Å². The van der Waals surface area contributed by atoms with Crippen molar-refractivity contribution in [2.45, 2.75) is 6.54 Å². The van der Waals surface area contributed by atoms with Gasteiger partial charge in [0.05, 0.1) is 25.5 Å². The molecular formula is C13H17N5O3. The molecule has 0 unspecified atom stereocenters. The van der Waals surface area contributed by atoms with E-state index in [0.29, 0.717) is 37.1 Å². The van der Waals surface area contributed by atoms with E-state index in [2.05, 4.69) is 20.0 Å². The molecule has 21 heavy (non-hydrogen) atoms. The maximum atomic E-state index is 11.9. The average Bonchev–Trinajstić information content (AvgIpc) is 3.11. The number of rotatable bonds is 3. The topological polar surface area (TPSA) is 95.8 Å². The molecule has 112 valence electrons. The first-order valence-corrected chi connectivity index (χ1v) is 7.03. The van der Waals surface area contributed by atoms with Crippen LogP contribution in [0.2, 0.25) is 0 Å². The molecule has 2 fully saturated rings. The van der Waals surface area contributed by atoms with Gasteiger partial charge in [-0.25, -0.2) is 9.97 Å². The van der Waals surface area contributed by atoms with Gasteiger partial charge in [0.25, 0.3) is 11.3 Å². The Morgan fingerprint density at radius 2 is 2.48 bits per heavy atom. The maximum Gasteiger partial charge on any atom is 0.274 e. The highest BCUT2D eigenvalue weighted by molar-refractivity contribution is 5.26. The number of likely N-dealkylation sites (tertiary alicyclic amines) is 1. The molecule has 0 radical (unpaired) electrons. The van der Waals surface area contributed by atoms with Gasteiger partial charge in [0.2, 0.25) is 0 Å². The number of aliphatic hydroxyl groups is 1. The molecule has 0 aromatic carbocycles. The summed E-state index contributed by atoms with van der Waals surface area (Å²) in [5.41, 5.74) is 0.402. The number of aromatic nitrogens is 4. The number of nitrogens with zero attached hydrogens (tertiary/aromatic N) is 4. The highest BCUT2D eigenvalue weighted by atomic mass is 16.5. The van der Waals surface area contributed by atoms with E-state index in [1.54, 1.807) is 0 Å². The van der Waals surface area contributed by atoms with Gasteiger partial charge in [-0.3, -0.25) is 14.8 Å². The van der Waals surface area contributed by atoms with E-state index in [1.165, 1.54) is 16.9 Å². The third kappa shape index (κ3) is 1.98. The van der Waals surface area contributed by atoms with Crippen molar-refractivity contribution in [1.29, 1.82) is 0 Å². The van der Waals surface area contributed by atoms with Gasteiger partial charge < -0.3 is 9.84 Å². The zero-order chi connectivity index (χ0) is 14.4. The molecule has 2 aromatic rings. The van der Waals surface area contributed by atoms with Crippen LogP contribution in [0.25, 0.3) is 5.78 Å². The molecule has 0 saturated carbocycles. The quantitative estimate of drug-likeness (QED) is 0.742. The summed E-state index contributed by atoms with van der Waals surface area (Å²) in [7, 11) is 0. The Bertz CT molecular complexity index is 726. The summed E-state index contributed by atoms with van der Waals surface area (Å²) in [6.07, 6.45) is 1.45. The molecule has 4 heterocycles. The molecule has 0 amide bonds. The first-order valence-electron chi connectivity index (χ1n) is 7.03. The Morgan fingerprint density at radius 1 is 1.57 bits per heavy atom. The lowest BCUT2D eigenvalue weighted by Gasteiger charge is -2.24. The lowest BCUT2D eigenvalue weighted by Crippen LogP contribution is -2.34. The lowest BCUT2D eigenvalue weighted by atomic mass is 9.82. The van der Waals surface area contributed by atoms with Crippen molar-refractivity contribution in [3.05, 3.63) is 28.4 Å². The number of fused-ring (bicyclic) bond motifs is 2. The zero-order valence-corrected chi connectivity index (χ0v) is 11.5. The lowest BCUT2D eigenvalue weighted by molar-refractivity contribution is 0.0801. The molecule has 2 saturated heterocycles. The van der Waals surface area contributed by atoms with E-state index < -0.39 is 0 Å². The smallest absolute Gasteiger partial charge is 0.274 e. The van der Waals surface area contributed by atoms with Crippen LogP contribution in [0.15, 0.2) is 17.2 Å². The maximum absolute atomic E-state index is 11.9. The second kappa shape index (κ2) is 4.62. The van der Waals surface area contributed by atoms with Crippen LogP contribution in [0.3, 0.4) is 0 Å². The highest BCUT2D eigenvalue weighted by Crippen LogP contribution is 2.41. The number of hydrogen-bond acceptors (Lipinski definition) is 6. The first kappa shape index (κ1) is 12.9. The van der Waals surface area contributed by atoms with Crippen molar-refractivity contribution in [2.24, 2.45) is 11.3 Å². The summed E-state index contributed by atoms with van der Waals surface area (Å²) in [5, 5.41) is 12.4. The number of aromatic amines is 1. The van der Waals surface area contributed by atoms with E-state index in [1.807, 2.05) is 0 Å². The Kier molecular flexibility index (Phi) is 2.84. The van der Waals surface area contributed by atoms with E-state index in [0.717, 1.165) is 13.1 Å². The van der Waals surface area contributed by atoms with Crippen molar-refractivity contribution >= 4 is 5.78 Å². The van der Waals surface area contributed by atoms with Crippen LogP contribution in [0.4, 0.5) is 0 Å². The molecule has 2 aliphatic rings. The third-order valence-corrected chi connectivity index (χ3v) is 4.61. The summed E-state index contributed by atoms with van der Waals surface area (Å²) in [4.78, 5) is 22.6. The number of nitrogens with one attached hydrogen (secondary N) is 1. The molecule has 2 N–H and O–H groups in total. The van der Waals surface area contributed by atoms with Gasteiger partial charge in [-0.05, 0) is 0 Å². The molecule has 8 nitrogen and oxygen atoms in total. The fraction of sp³-hybridized carbons (Fsp3) is 0.615. The zero-order valence-electron chi connectivity index (χ0n) is 11.5. The Morgan fingerprint density at radius 3 is 3.29 bits per heavy atom. The number of H-pyrrole nitrogens is 1. The largest absolute Gasteiger partial charge is 0.396 e. The summed E-state index contributed by atoms with van der Waals surface area (Å²) in [5.74, 6) is 0.745. The Balaban J connectivity index is 1.57. The van der Waals surface area contributed by atoms with Gasteiger partial charge in [0.1, 0.15) is 6.33 Å². The van der Waals surface area contributed by atoms with Crippen LogP contribution in [-0.4, -0.2) is 62.5 Å². The predicted octanol–water partition coefficient (Wildman–Crippen LogP) is -1.14. The minimum atomic E-state index is -0.160. The minimum Gasteiger partial charge on any atom is -0.396 e. The Hall–Kier alpha value is -1.77. The number of aliphatic hydroxyl groups excluding tert-OH is 1. The summed E-state index contributed by atoms with van der Waals surface area (Å²) < 4.78 is 6.81. The average molecular weight is 291 g/mol. The standard InChI is InChI=1S/C13H17N5O3/c19-6-13-5-17(2-9(13)4-21-7-13)3-10-1-11(20)18-12(16-10)14-8-15-18/h1,8-9,19H,2-7H2,(H,14,15,16)/t9-,13-/m0/s1. The Labute approximate surface area is 120 Å². The van der Waals surface area contributed by atoms with Crippen molar-refractivity contribution in [1.82, 2.24) is 24.5 Å². The summed E-state index contributed by atoms with van der Waals surface area (Å²) >= 11 is 0. The molecule has 0 bridgehead atoms. The number of hydrogen-bond donors (Lipinski definition) is 2. The van der Waals surface area contributed by atoms with Crippen molar-refractivity contribution in [2.75, 3.05) is 32.9 Å². The van der Waals surface area contributed by atoms with Crippen LogP contribution < -0.4 is 5.56 Å². The van der Waals surface area contributed by atoms with Gasteiger partial charge in [0.15, 0.2) is 0 Å². The second-order valence-corrected chi connectivity index (χ2v) is 6.01. The molecule has 2 aromatic heterocycles. The molecule has 2 aliphatic heterocycles. The van der Waals surface area contributed by atoms with E-state index >= 15 is 0 Å². The van der Waals surface area contributed by atoms with Crippen LogP contribution in [0.5, 0.6) is 0 Å². The van der Waals surface area contributed by atoms with Gasteiger partial charge in [0, 0.05) is 37.0 Å². The predicted molar refractivity (Wildman–Crippen MR) is 72.7 cm³/mol. The van der Waals surface area contributed by atoms with Crippen LogP contribution in [0, 0.1) is 11.3 Å². The third-order valence-electron chi connectivity index (χ3n) is 4.61. The summed E-state index contributed by atoms with van der Waals surface area (Å²) in [6.45, 7) is 3.68. The van der Waals surface area contributed by atoms with Crippen LogP contribution in [-0.2, 0) is 11.3 Å². The molecule has 2 atom stereocenters. The van der Waals surface area contributed by atoms with Gasteiger partial charge in [-0.1, -0.05) is 0 Å². The van der Waals surface area contributed by atoms with Crippen molar-refractivity contribution in [3.63, 3.8) is 0 Å². The molecular weight excluding hydrogens is 274 g/mol. The fourth-order valence-corrected chi connectivity index (χ4v) is 3.47.